The van der Waals surface area contributed by atoms with E-state index in [-0.39, 0.29) is 11.9 Å². The van der Waals surface area contributed by atoms with Crippen LogP contribution in [0.1, 0.15) is 63.5 Å². The van der Waals surface area contributed by atoms with Gasteiger partial charge in [-0.05, 0) is 57.2 Å². The first-order valence-corrected chi connectivity index (χ1v) is 9.01. The zero-order valence-electron chi connectivity index (χ0n) is 15.4. The van der Waals surface area contributed by atoms with Crippen molar-refractivity contribution >= 4 is 11.9 Å². The Bertz CT molecular complexity index is 811. The van der Waals surface area contributed by atoms with Crippen LogP contribution in [0.4, 0.5) is 0 Å². The maximum Gasteiger partial charge on any atom is 0.339 e. The van der Waals surface area contributed by atoms with Crippen LogP contribution in [0.5, 0.6) is 0 Å². The van der Waals surface area contributed by atoms with Crippen LogP contribution >= 0.6 is 0 Å². The van der Waals surface area contributed by atoms with Crippen molar-refractivity contribution in [2.45, 2.75) is 39.7 Å². The number of hydrogen-bond donors (Lipinski definition) is 1. The van der Waals surface area contributed by atoms with Crippen molar-refractivity contribution < 1.29 is 14.3 Å². The molecule has 1 atom stereocenters. The molecule has 1 aromatic heterocycles. The highest BCUT2D eigenvalue weighted by Crippen LogP contribution is 2.41. The summed E-state index contributed by atoms with van der Waals surface area (Å²) in [6.07, 6.45) is 2.24. The van der Waals surface area contributed by atoms with Crippen LogP contribution in [0, 0.1) is 19.8 Å². The first-order valence-electron chi connectivity index (χ1n) is 9.01. The van der Waals surface area contributed by atoms with Crippen molar-refractivity contribution in [3.8, 4) is 0 Å². The smallest absolute Gasteiger partial charge is 0.339 e. The number of pyridine rings is 1. The summed E-state index contributed by atoms with van der Waals surface area (Å²) in [5.41, 5.74) is 3.51. The van der Waals surface area contributed by atoms with E-state index in [1.54, 1.807) is 26.0 Å². The quantitative estimate of drug-likeness (QED) is 0.804. The van der Waals surface area contributed by atoms with Crippen molar-refractivity contribution in [2.24, 2.45) is 5.92 Å². The zero-order chi connectivity index (χ0) is 18.7. The molecule has 5 heteroatoms. The maximum absolute atomic E-state index is 12.7. The summed E-state index contributed by atoms with van der Waals surface area (Å²) in [6, 6.07) is 11.4. The molecule has 1 fully saturated rings. The Morgan fingerprint density at radius 2 is 1.85 bits per heavy atom. The number of nitrogens with one attached hydrogen (secondary N) is 1. The minimum absolute atomic E-state index is 0.00469. The lowest BCUT2D eigenvalue weighted by Crippen LogP contribution is -2.30. The lowest BCUT2D eigenvalue weighted by molar-refractivity contribution is 0.0524. The van der Waals surface area contributed by atoms with Crippen molar-refractivity contribution in [2.75, 3.05) is 6.61 Å². The Balaban J connectivity index is 1.76. The van der Waals surface area contributed by atoms with Crippen LogP contribution in [-0.4, -0.2) is 23.5 Å². The Morgan fingerprint density at radius 3 is 2.42 bits per heavy atom. The molecule has 1 unspecified atom stereocenters. The van der Waals surface area contributed by atoms with Gasteiger partial charge in [0, 0.05) is 0 Å². The van der Waals surface area contributed by atoms with Gasteiger partial charge in [-0.2, -0.15) is 0 Å². The number of benzene rings is 1. The topological polar surface area (TPSA) is 68.3 Å². The standard InChI is InChI=1S/C21H24N2O3/c1-4-26-21(25)17-11-12-18(22-14(17)3)20(24)23-19(16-9-10-16)15-7-5-13(2)6-8-15/h5-8,11-12,16,19H,4,9-10H2,1-3H3,(H,23,24). The van der Waals surface area contributed by atoms with Gasteiger partial charge in [0.25, 0.3) is 5.91 Å². The van der Waals surface area contributed by atoms with E-state index in [2.05, 4.69) is 34.6 Å². The minimum atomic E-state index is -0.417. The molecule has 0 bridgehead atoms. The second-order valence-corrected chi connectivity index (χ2v) is 6.75. The molecule has 0 radical (unpaired) electrons. The largest absolute Gasteiger partial charge is 0.462 e. The molecule has 5 nitrogen and oxygen atoms in total. The Hall–Kier alpha value is -2.69. The first kappa shape index (κ1) is 18.1. The molecule has 136 valence electrons. The number of carbonyl (C=O) groups is 2. The van der Waals surface area contributed by atoms with E-state index in [1.807, 2.05) is 6.92 Å². The maximum atomic E-state index is 12.7. The average molecular weight is 352 g/mol. The van der Waals surface area contributed by atoms with Gasteiger partial charge < -0.3 is 10.1 Å². The first-order chi connectivity index (χ1) is 12.5. The second kappa shape index (κ2) is 7.68. The number of carbonyl (C=O) groups excluding carboxylic acids is 2. The van der Waals surface area contributed by atoms with E-state index in [0.29, 0.717) is 29.5 Å². The number of aromatic nitrogens is 1. The van der Waals surface area contributed by atoms with Crippen molar-refractivity contribution in [3.63, 3.8) is 0 Å². The molecule has 1 heterocycles. The molecule has 3 rings (SSSR count). The van der Waals surface area contributed by atoms with Crippen LogP contribution < -0.4 is 5.32 Å². The molecule has 1 aromatic carbocycles. The summed E-state index contributed by atoms with van der Waals surface area (Å²) in [5.74, 6) is -0.164. The SMILES string of the molecule is CCOC(=O)c1ccc(C(=O)NC(c2ccc(C)cc2)C2CC2)nc1C. The second-order valence-electron chi connectivity index (χ2n) is 6.75. The summed E-state index contributed by atoms with van der Waals surface area (Å²) < 4.78 is 5.00. The van der Waals surface area contributed by atoms with E-state index in [4.69, 9.17) is 4.74 Å². The van der Waals surface area contributed by atoms with Gasteiger partial charge in [0.05, 0.1) is 23.9 Å². The number of rotatable bonds is 6. The number of esters is 1. The molecule has 1 amide bonds. The van der Waals surface area contributed by atoms with E-state index in [1.165, 1.54) is 5.56 Å². The fourth-order valence-corrected chi connectivity index (χ4v) is 3.00. The molecule has 0 aliphatic heterocycles. The fourth-order valence-electron chi connectivity index (χ4n) is 3.00. The van der Waals surface area contributed by atoms with Gasteiger partial charge in [0.2, 0.25) is 0 Å². The van der Waals surface area contributed by atoms with Crippen molar-refractivity contribution in [1.82, 2.24) is 10.3 Å². The molecule has 0 spiro atoms. The predicted molar refractivity (Wildman–Crippen MR) is 99.0 cm³/mol. The Morgan fingerprint density at radius 1 is 1.15 bits per heavy atom. The Kier molecular flexibility index (Phi) is 5.35. The molecular weight excluding hydrogens is 328 g/mol. The lowest BCUT2D eigenvalue weighted by Gasteiger charge is -2.19. The third-order valence-corrected chi connectivity index (χ3v) is 4.63. The van der Waals surface area contributed by atoms with Crippen LogP contribution in [-0.2, 0) is 4.74 Å². The van der Waals surface area contributed by atoms with Crippen LogP contribution in [0.2, 0.25) is 0 Å². The van der Waals surface area contributed by atoms with Crippen LogP contribution in [0.25, 0.3) is 0 Å². The predicted octanol–water partition coefficient (Wildman–Crippen LogP) is 3.76. The Labute approximate surface area is 153 Å². The molecule has 1 aliphatic carbocycles. The summed E-state index contributed by atoms with van der Waals surface area (Å²) in [4.78, 5) is 28.9. The van der Waals surface area contributed by atoms with E-state index in [0.717, 1.165) is 18.4 Å². The number of nitrogens with zero attached hydrogens (tertiary/aromatic N) is 1. The molecule has 1 saturated carbocycles. The van der Waals surface area contributed by atoms with E-state index < -0.39 is 5.97 Å². The number of ether oxygens (including phenoxy) is 1. The van der Waals surface area contributed by atoms with Gasteiger partial charge in [0.1, 0.15) is 5.69 Å². The van der Waals surface area contributed by atoms with Crippen LogP contribution in [0.3, 0.4) is 0 Å². The zero-order valence-corrected chi connectivity index (χ0v) is 15.4. The average Bonchev–Trinajstić information content (AvgIpc) is 3.45. The fraction of sp³-hybridized carbons (Fsp3) is 0.381. The highest BCUT2D eigenvalue weighted by atomic mass is 16.5. The highest BCUT2D eigenvalue weighted by Gasteiger charge is 2.33. The van der Waals surface area contributed by atoms with Gasteiger partial charge in [-0.3, -0.25) is 4.79 Å². The number of aryl methyl sites for hydroxylation is 2. The number of amides is 1. The third-order valence-electron chi connectivity index (χ3n) is 4.63. The minimum Gasteiger partial charge on any atom is -0.462 e. The molecular formula is C21H24N2O3. The van der Waals surface area contributed by atoms with Crippen LogP contribution in [0.15, 0.2) is 36.4 Å². The third kappa shape index (κ3) is 4.10. The van der Waals surface area contributed by atoms with Gasteiger partial charge in [-0.15, -0.1) is 0 Å². The molecule has 1 N–H and O–H groups in total. The van der Waals surface area contributed by atoms with Crippen molar-refractivity contribution in [3.05, 3.63) is 64.5 Å². The normalized spacial score (nSPS) is 14.6. The summed E-state index contributed by atoms with van der Waals surface area (Å²) in [5, 5.41) is 3.11. The summed E-state index contributed by atoms with van der Waals surface area (Å²) in [7, 11) is 0. The molecule has 0 saturated heterocycles. The van der Waals surface area contributed by atoms with Gasteiger partial charge in [-0.25, -0.2) is 9.78 Å². The van der Waals surface area contributed by atoms with E-state index in [9.17, 15) is 9.59 Å². The van der Waals surface area contributed by atoms with Crippen molar-refractivity contribution in [1.29, 1.82) is 0 Å². The molecule has 26 heavy (non-hydrogen) atoms. The molecule has 1 aliphatic rings. The van der Waals surface area contributed by atoms with E-state index >= 15 is 0 Å². The van der Waals surface area contributed by atoms with Gasteiger partial charge >= 0.3 is 5.97 Å². The highest BCUT2D eigenvalue weighted by molar-refractivity contribution is 5.95. The molecule has 2 aromatic rings. The number of hydrogen-bond acceptors (Lipinski definition) is 4. The monoisotopic (exact) mass is 352 g/mol. The summed E-state index contributed by atoms with van der Waals surface area (Å²) in [6.45, 7) is 5.82. The van der Waals surface area contributed by atoms with Gasteiger partial charge in [-0.1, -0.05) is 29.8 Å². The van der Waals surface area contributed by atoms with Gasteiger partial charge in [0.15, 0.2) is 0 Å². The summed E-state index contributed by atoms with van der Waals surface area (Å²) >= 11 is 0. The lowest BCUT2D eigenvalue weighted by atomic mass is 10.0.